The van der Waals surface area contributed by atoms with Gasteiger partial charge in [0.2, 0.25) is 0 Å². The van der Waals surface area contributed by atoms with Gasteiger partial charge in [0.1, 0.15) is 11.5 Å². The van der Waals surface area contributed by atoms with Crippen LogP contribution in [-0.2, 0) is 6.54 Å². The standard InChI is InChI=1S/C11H17NO2S/c1-4-14-11-7-10(13-2)6-5-9(11)8-12-15-3/h5-7,12H,4,8H2,1-3H3. The average Bonchev–Trinajstić information content (AvgIpc) is 2.27. The molecule has 0 radical (unpaired) electrons. The van der Waals surface area contributed by atoms with E-state index in [1.807, 2.05) is 31.4 Å². The van der Waals surface area contributed by atoms with Crippen LogP contribution in [0.2, 0.25) is 0 Å². The Morgan fingerprint density at radius 2 is 2.20 bits per heavy atom. The molecule has 0 aliphatic heterocycles. The van der Waals surface area contributed by atoms with Crippen LogP contribution < -0.4 is 14.2 Å². The fraction of sp³-hybridized carbons (Fsp3) is 0.455. The van der Waals surface area contributed by atoms with E-state index in [1.165, 1.54) is 0 Å². The summed E-state index contributed by atoms with van der Waals surface area (Å²) in [6.07, 6.45) is 2.00. The summed E-state index contributed by atoms with van der Waals surface area (Å²) in [6, 6.07) is 5.88. The van der Waals surface area contributed by atoms with Crippen molar-refractivity contribution in [3.8, 4) is 11.5 Å². The maximum absolute atomic E-state index is 5.55. The Labute approximate surface area is 95.3 Å². The van der Waals surface area contributed by atoms with Crippen molar-refractivity contribution in [2.24, 2.45) is 0 Å². The first-order chi connectivity index (χ1) is 7.31. The first-order valence-corrected chi connectivity index (χ1v) is 6.09. The lowest BCUT2D eigenvalue weighted by molar-refractivity contribution is 0.332. The summed E-state index contributed by atoms with van der Waals surface area (Å²) in [5.74, 6) is 1.71. The number of hydrogen-bond donors (Lipinski definition) is 1. The highest BCUT2D eigenvalue weighted by Gasteiger charge is 2.04. The van der Waals surface area contributed by atoms with Gasteiger partial charge < -0.3 is 9.47 Å². The zero-order valence-corrected chi connectivity index (χ0v) is 10.2. The number of methoxy groups -OCH3 is 1. The molecule has 3 nitrogen and oxygen atoms in total. The molecule has 1 aromatic carbocycles. The lowest BCUT2D eigenvalue weighted by Gasteiger charge is -2.11. The van der Waals surface area contributed by atoms with Gasteiger partial charge >= 0.3 is 0 Å². The van der Waals surface area contributed by atoms with E-state index in [2.05, 4.69) is 4.72 Å². The van der Waals surface area contributed by atoms with Crippen LogP contribution in [0, 0.1) is 0 Å². The van der Waals surface area contributed by atoms with Crippen molar-refractivity contribution in [2.45, 2.75) is 13.5 Å². The van der Waals surface area contributed by atoms with E-state index in [0.29, 0.717) is 6.61 Å². The zero-order valence-electron chi connectivity index (χ0n) is 9.37. The summed E-state index contributed by atoms with van der Waals surface area (Å²) >= 11 is 1.60. The van der Waals surface area contributed by atoms with Crippen molar-refractivity contribution < 1.29 is 9.47 Å². The van der Waals surface area contributed by atoms with Gasteiger partial charge in [0, 0.05) is 18.2 Å². The molecule has 84 valence electrons. The van der Waals surface area contributed by atoms with E-state index >= 15 is 0 Å². The van der Waals surface area contributed by atoms with E-state index in [0.717, 1.165) is 23.6 Å². The molecule has 0 bridgehead atoms. The number of benzene rings is 1. The van der Waals surface area contributed by atoms with Crippen molar-refractivity contribution in [1.29, 1.82) is 0 Å². The van der Waals surface area contributed by atoms with Gasteiger partial charge in [-0.3, -0.25) is 4.72 Å². The van der Waals surface area contributed by atoms with Gasteiger partial charge in [-0.05, 0) is 19.2 Å². The molecule has 0 fully saturated rings. The van der Waals surface area contributed by atoms with Gasteiger partial charge in [0.15, 0.2) is 0 Å². The summed E-state index contributed by atoms with van der Waals surface area (Å²) in [7, 11) is 1.66. The number of hydrogen-bond acceptors (Lipinski definition) is 4. The minimum Gasteiger partial charge on any atom is -0.497 e. The number of rotatable bonds is 6. The molecule has 0 aromatic heterocycles. The van der Waals surface area contributed by atoms with Crippen molar-refractivity contribution in [3.63, 3.8) is 0 Å². The third-order valence-electron chi connectivity index (χ3n) is 1.98. The maximum Gasteiger partial charge on any atom is 0.127 e. The van der Waals surface area contributed by atoms with Crippen LogP contribution in [0.4, 0.5) is 0 Å². The molecule has 0 amide bonds. The van der Waals surface area contributed by atoms with Crippen LogP contribution in [0.1, 0.15) is 12.5 Å². The van der Waals surface area contributed by atoms with Gasteiger partial charge in [-0.1, -0.05) is 18.0 Å². The Bertz CT molecular complexity index is 305. The van der Waals surface area contributed by atoms with Crippen molar-refractivity contribution in [2.75, 3.05) is 20.0 Å². The summed E-state index contributed by atoms with van der Waals surface area (Å²) in [5.41, 5.74) is 1.15. The molecule has 0 saturated carbocycles. The third kappa shape index (κ3) is 3.64. The summed E-state index contributed by atoms with van der Waals surface area (Å²) in [5, 5.41) is 0. The summed E-state index contributed by atoms with van der Waals surface area (Å²) in [4.78, 5) is 0. The van der Waals surface area contributed by atoms with Crippen LogP contribution in [0.3, 0.4) is 0 Å². The van der Waals surface area contributed by atoms with E-state index < -0.39 is 0 Å². The topological polar surface area (TPSA) is 30.5 Å². The fourth-order valence-electron chi connectivity index (χ4n) is 1.25. The second-order valence-electron chi connectivity index (χ2n) is 2.93. The van der Waals surface area contributed by atoms with E-state index in [-0.39, 0.29) is 0 Å². The van der Waals surface area contributed by atoms with Crippen LogP contribution in [0.15, 0.2) is 18.2 Å². The molecule has 0 spiro atoms. The molecule has 1 N–H and O–H groups in total. The molecule has 1 rings (SSSR count). The quantitative estimate of drug-likeness (QED) is 0.756. The molecule has 0 atom stereocenters. The summed E-state index contributed by atoms with van der Waals surface area (Å²) in [6.45, 7) is 3.44. The first-order valence-electron chi connectivity index (χ1n) is 4.87. The molecule has 15 heavy (non-hydrogen) atoms. The maximum atomic E-state index is 5.55. The molecule has 0 unspecified atom stereocenters. The monoisotopic (exact) mass is 227 g/mol. The Morgan fingerprint density at radius 3 is 2.80 bits per heavy atom. The molecule has 1 aromatic rings. The largest absolute Gasteiger partial charge is 0.497 e. The van der Waals surface area contributed by atoms with Crippen LogP contribution in [0.5, 0.6) is 11.5 Å². The lowest BCUT2D eigenvalue weighted by atomic mass is 10.2. The van der Waals surface area contributed by atoms with E-state index in [9.17, 15) is 0 Å². The molecular weight excluding hydrogens is 210 g/mol. The minimum atomic E-state index is 0.666. The van der Waals surface area contributed by atoms with Crippen molar-refractivity contribution in [3.05, 3.63) is 23.8 Å². The second kappa shape index (κ2) is 6.58. The average molecular weight is 227 g/mol. The van der Waals surface area contributed by atoms with Gasteiger partial charge in [-0.15, -0.1) is 0 Å². The van der Waals surface area contributed by atoms with E-state index in [4.69, 9.17) is 9.47 Å². The molecule has 0 saturated heterocycles. The molecule has 0 aliphatic rings. The Balaban J connectivity index is 2.82. The highest BCUT2D eigenvalue weighted by Crippen LogP contribution is 2.25. The highest BCUT2D eigenvalue weighted by molar-refractivity contribution is 7.96. The Kier molecular flexibility index (Phi) is 5.36. The van der Waals surface area contributed by atoms with Gasteiger partial charge in [0.25, 0.3) is 0 Å². The first kappa shape index (κ1) is 12.2. The van der Waals surface area contributed by atoms with Crippen molar-refractivity contribution >= 4 is 11.9 Å². The summed E-state index contributed by atoms with van der Waals surface area (Å²) < 4.78 is 13.9. The predicted molar refractivity (Wildman–Crippen MR) is 64.5 cm³/mol. The number of ether oxygens (including phenoxy) is 2. The SMILES string of the molecule is CCOc1cc(OC)ccc1CNSC. The Hall–Kier alpha value is -0.870. The van der Waals surface area contributed by atoms with Crippen LogP contribution in [-0.4, -0.2) is 20.0 Å². The van der Waals surface area contributed by atoms with Crippen LogP contribution >= 0.6 is 11.9 Å². The molecule has 0 heterocycles. The lowest BCUT2D eigenvalue weighted by Crippen LogP contribution is -2.05. The van der Waals surface area contributed by atoms with Crippen LogP contribution in [0.25, 0.3) is 0 Å². The number of nitrogens with one attached hydrogen (secondary N) is 1. The van der Waals surface area contributed by atoms with Gasteiger partial charge in [0.05, 0.1) is 13.7 Å². The second-order valence-corrected chi connectivity index (χ2v) is 3.63. The smallest absolute Gasteiger partial charge is 0.127 e. The molecular formula is C11H17NO2S. The molecule has 0 aliphatic carbocycles. The third-order valence-corrected chi connectivity index (χ3v) is 2.41. The predicted octanol–water partition coefficient (Wildman–Crippen LogP) is 2.46. The Morgan fingerprint density at radius 1 is 1.40 bits per heavy atom. The van der Waals surface area contributed by atoms with E-state index in [1.54, 1.807) is 19.1 Å². The zero-order chi connectivity index (χ0) is 11.1. The van der Waals surface area contributed by atoms with Crippen molar-refractivity contribution in [1.82, 2.24) is 4.72 Å². The highest BCUT2D eigenvalue weighted by atomic mass is 32.2. The minimum absolute atomic E-state index is 0.666. The normalized spacial score (nSPS) is 10.1. The fourth-order valence-corrected chi connectivity index (χ4v) is 1.55. The van der Waals surface area contributed by atoms with Gasteiger partial charge in [-0.25, -0.2) is 0 Å². The molecule has 4 heteroatoms. The van der Waals surface area contributed by atoms with Gasteiger partial charge in [-0.2, -0.15) is 0 Å².